The molecule has 2 rings (SSSR count). The van der Waals surface area contributed by atoms with Crippen molar-refractivity contribution in [1.82, 2.24) is 20.4 Å². The Hall–Kier alpha value is -2.39. The first-order chi connectivity index (χ1) is 10.8. The second-order valence-corrected chi connectivity index (χ2v) is 6.67. The van der Waals surface area contributed by atoms with E-state index < -0.39 is 10.0 Å². The van der Waals surface area contributed by atoms with Crippen LogP contribution in [-0.4, -0.2) is 24.2 Å². The molecule has 0 saturated carbocycles. The summed E-state index contributed by atoms with van der Waals surface area (Å²) in [5.74, 6) is 0. The molecule has 1 aromatic carbocycles. The fraction of sp³-hybridized carbons (Fsp3) is 0.286. The van der Waals surface area contributed by atoms with Gasteiger partial charge in [0, 0.05) is 13.2 Å². The maximum absolute atomic E-state index is 11.9. The third-order valence-electron chi connectivity index (χ3n) is 3.41. The summed E-state index contributed by atoms with van der Waals surface area (Å²) < 4.78 is 24.1. The quantitative estimate of drug-likeness (QED) is 0.741. The molecule has 0 radical (unpaired) electrons. The number of sulfonamides is 1. The minimum absolute atomic E-state index is 0.0362. The van der Waals surface area contributed by atoms with E-state index in [9.17, 15) is 13.2 Å². The Balaban J connectivity index is 1.92. The summed E-state index contributed by atoms with van der Waals surface area (Å²) in [6, 6.07) is 7.27. The summed E-state index contributed by atoms with van der Waals surface area (Å²) in [5, 5.41) is 14.6. The highest BCUT2D eigenvalue weighted by Gasteiger charge is 2.12. The first-order valence-corrected chi connectivity index (χ1v) is 8.46. The second-order valence-electron chi connectivity index (χ2n) is 5.11. The molecule has 0 aliphatic rings. The lowest BCUT2D eigenvalue weighted by atomic mass is 10.1. The summed E-state index contributed by atoms with van der Waals surface area (Å²) >= 11 is 0. The number of nitrogens with two attached hydrogens (primary N) is 1. The number of rotatable bonds is 5. The van der Waals surface area contributed by atoms with Crippen LogP contribution in [0.3, 0.4) is 0 Å². The lowest BCUT2D eigenvalue weighted by Crippen LogP contribution is -2.37. The number of carbonyl (C=O) groups is 1. The van der Waals surface area contributed by atoms with E-state index in [4.69, 9.17) is 5.14 Å². The molecule has 9 heteroatoms. The van der Waals surface area contributed by atoms with Crippen LogP contribution in [-0.2, 0) is 23.6 Å². The number of nitrogens with zero attached hydrogens (tertiary/aromatic N) is 2. The van der Waals surface area contributed by atoms with E-state index in [-0.39, 0.29) is 17.0 Å². The van der Waals surface area contributed by atoms with Gasteiger partial charge in [-0.05, 0) is 30.7 Å². The molecular weight excluding hydrogens is 318 g/mol. The number of hydrogen-bond acceptors (Lipinski definition) is 4. The lowest BCUT2D eigenvalue weighted by molar-refractivity contribution is 0.237. The zero-order valence-corrected chi connectivity index (χ0v) is 13.7. The zero-order chi connectivity index (χ0) is 17.0. The van der Waals surface area contributed by atoms with Crippen molar-refractivity contribution in [3.05, 3.63) is 47.8 Å². The molecule has 1 atom stereocenters. The number of aromatic nitrogens is 2. The number of carbonyl (C=O) groups excluding carboxylic acids is 1. The van der Waals surface area contributed by atoms with Crippen molar-refractivity contribution in [1.29, 1.82) is 0 Å². The van der Waals surface area contributed by atoms with Gasteiger partial charge in [0.25, 0.3) is 0 Å². The fourth-order valence-corrected chi connectivity index (χ4v) is 2.54. The molecule has 0 spiro atoms. The highest BCUT2D eigenvalue weighted by atomic mass is 32.2. The molecule has 0 bridgehead atoms. The van der Waals surface area contributed by atoms with Crippen molar-refractivity contribution in [2.24, 2.45) is 12.2 Å². The van der Waals surface area contributed by atoms with Gasteiger partial charge in [-0.1, -0.05) is 12.1 Å². The molecule has 0 fully saturated rings. The van der Waals surface area contributed by atoms with Gasteiger partial charge in [0.1, 0.15) is 0 Å². The number of benzene rings is 1. The molecule has 124 valence electrons. The fourth-order valence-electron chi connectivity index (χ4n) is 2.02. The van der Waals surface area contributed by atoms with E-state index in [0.29, 0.717) is 6.54 Å². The maximum atomic E-state index is 11.9. The first-order valence-electron chi connectivity index (χ1n) is 6.91. The average molecular weight is 337 g/mol. The predicted molar refractivity (Wildman–Crippen MR) is 84.8 cm³/mol. The molecule has 2 aromatic rings. The van der Waals surface area contributed by atoms with E-state index in [1.807, 2.05) is 6.07 Å². The third kappa shape index (κ3) is 4.54. The molecule has 0 aliphatic heterocycles. The largest absolute Gasteiger partial charge is 0.333 e. The number of primary sulfonamides is 1. The van der Waals surface area contributed by atoms with E-state index in [2.05, 4.69) is 15.7 Å². The normalized spacial score (nSPS) is 12.7. The van der Waals surface area contributed by atoms with Gasteiger partial charge in [-0.3, -0.25) is 4.68 Å². The van der Waals surface area contributed by atoms with Crippen LogP contribution < -0.4 is 15.8 Å². The third-order valence-corrected chi connectivity index (χ3v) is 4.34. The first kappa shape index (κ1) is 17.0. The molecular formula is C14H19N5O3S. The molecule has 0 unspecified atom stereocenters. The van der Waals surface area contributed by atoms with E-state index in [1.165, 1.54) is 12.1 Å². The van der Waals surface area contributed by atoms with E-state index in [1.54, 1.807) is 37.0 Å². The van der Waals surface area contributed by atoms with Crippen LogP contribution in [0.4, 0.5) is 4.79 Å². The highest BCUT2D eigenvalue weighted by Crippen LogP contribution is 2.15. The van der Waals surface area contributed by atoms with Crippen LogP contribution in [0.15, 0.2) is 41.4 Å². The smallest absolute Gasteiger partial charge is 0.315 e. The van der Waals surface area contributed by atoms with E-state index >= 15 is 0 Å². The van der Waals surface area contributed by atoms with Gasteiger partial charge in [-0.2, -0.15) is 5.10 Å². The van der Waals surface area contributed by atoms with Crippen LogP contribution in [0.25, 0.3) is 0 Å². The molecule has 8 nitrogen and oxygen atoms in total. The Morgan fingerprint density at radius 2 is 1.96 bits per heavy atom. The van der Waals surface area contributed by atoms with Crippen molar-refractivity contribution in [2.75, 3.05) is 0 Å². The Labute approximate surface area is 134 Å². The van der Waals surface area contributed by atoms with Crippen molar-refractivity contribution in [3.8, 4) is 0 Å². The number of hydrogen-bond donors (Lipinski definition) is 3. The van der Waals surface area contributed by atoms with Crippen LogP contribution >= 0.6 is 0 Å². The van der Waals surface area contributed by atoms with Gasteiger partial charge in [0.2, 0.25) is 10.0 Å². The van der Waals surface area contributed by atoms with Crippen molar-refractivity contribution in [2.45, 2.75) is 24.4 Å². The molecule has 1 heterocycles. The summed E-state index contributed by atoms with van der Waals surface area (Å²) in [7, 11) is -1.92. The zero-order valence-electron chi connectivity index (χ0n) is 12.9. The summed E-state index contributed by atoms with van der Waals surface area (Å²) in [5.41, 5.74) is 1.65. The molecule has 0 aliphatic carbocycles. The van der Waals surface area contributed by atoms with Crippen molar-refractivity contribution >= 4 is 16.1 Å². The number of amides is 2. The maximum Gasteiger partial charge on any atom is 0.315 e. The minimum atomic E-state index is -3.71. The topological polar surface area (TPSA) is 119 Å². The molecule has 2 amide bonds. The van der Waals surface area contributed by atoms with Gasteiger partial charge in [0.05, 0.1) is 23.2 Å². The lowest BCUT2D eigenvalue weighted by Gasteiger charge is -2.15. The van der Waals surface area contributed by atoms with Crippen LogP contribution in [0, 0.1) is 0 Å². The van der Waals surface area contributed by atoms with E-state index in [0.717, 1.165) is 11.3 Å². The standard InChI is InChI=1S/C14H19N5O3S/c1-10(11-3-5-13(6-4-11)23(15,21)22)18-14(20)16-9-12-7-8-17-19(12)2/h3-8,10H,9H2,1-2H3,(H2,15,21,22)(H2,16,18,20)/t10-/m1/s1. The van der Waals surface area contributed by atoms with Gasteiger partial charge in [-0.15, -0.1) is 0 Å². The predicted octanol–water partition coefficient (Wildman–Crippen LogP) is 0.628. The Morgan fingerprint density at radius 1 is 1.30 bits per heavy atom. The van der Waals surface area contributed by atoms with Gasteiger partial charge < -0.3 is 10.6 Å². The van der Waals surface area contributed by atoms with Gasteiger partial charge in [0.15, 0.2) is 0 Å². The van der Waals surface area contributed by atoms with Crippen LogP contribution in [0.1, 0.15) is 24.2 Å². The number of nitrogens with one attached hydrogen (secondary N) is 2. The number of aryl methyl sites for hydroxylation is 1. The molecule has 1 aromatic heterocycles. The summed E-state index contributed by atoms with van der Waals surface area (Å²) in [4.78, 5) is 11.9. The van der Waals surface area contributed by atoms with Gasteiger partial charge >= 0.3 is 6.03 Å². The average Bonchev–Trinajstić information content (AvgIpc) is 2.89. The SMILES string of the molecule is C[C@@H](NC(=O)NCc1ccnn1C)c1ccc(S(N)(=O)=O)cc1. The summed E-state index contributed by atoms with van der Waals surface area (Å²) in [6.45, 7) is 2.16. The van der Waals surface area contributed by atoms with Crippen molar-refractivity contribution < 1.29 is 13.2 Å². The Kier molecular flexibility index (Phi) is 5.02. The molecule has 23 heavy (non-hydrogen) atoms. The minimum Gasteiger partial charge on any atom is -0.333 e. The summed E-state index contributed by atoms with van der Waals surface area (Å²) in [6.07, 6.45) is 1.66. The Morgan fingerprint density at radius 3 is 2.48 bits per heavy atom. The highest BCUT2D eigenvalue weighted by molar-refractivity contribution is 7.89. The molecule has 4 N–H and O–H groups in total. The van der Waals surface area contributed by atoms with Gasteiger partial charge in [-0.25, -0.2) is 18.4 Å². The molecule has 0 saturated heterocycles. The monoisotopic (exact) mass is 337 g/mol. The Bertz CT molecular complexity index is 783. The number of urea groups is 1. The van der Waals surface area contributed by atoms with Crippen molar-refractivity contribution in [3.63, 3.8) is 0 Å². The van der Waals surface area contributed by atoms with Crippen LogP contribution in [0.2, 0.25) is 0 Å². The second kappa shape index (κ2) is 6.80. The van der Waals surface area contributed by atoms with Crippen LogP contribution in [0.5, 0.6) is 0 Å².